The van der Waals surface area contributed by atoms with Crippen LogP contribution in [0.4, 0.5) is 0 Å². The molecule has 15 heavy (non-hydrogen) atoms. The van der Waals surface area contributed by atoms with Gasteiger partial charge in [-0.1, -0.05) is 0 Å². The maximum Gasteiger partial charge on any atom is 0.0624 e. The summed E-state index contributed by atoms with van der Waals surface area (Å²) in [4.78, 5) is 0. The van der Waals surface area contributed by atoms with Gasteiger partial charge in [-0.05, 0) is 68.1 Å². The lowest BCUT2D eigenvalue weighted by molar-refractivity contribution is -0.159. The number of hydrogen-bond acceptors (Lipinski definition) is 2. The second kappa shape index (κ2) is 3.46. The minimum atomic E-state index is -0.0585. The van der Waals surface area contributed by atoms with Gasteiger partial charge in [-0.3, -0.25) is 0 Å². The van der Waals surface area contributed by atoms with Crippen LogP contribution in [0.1, 0.15) is 44.9 Å². The molecule has 4 saturated carbocycles. The van der Waals surface area contributed by atoms with Crippen molar-refractivity contribution in [3.8, 4) is 0 Å². The van der Waals surface area contributed by atoms with Crippen molar-refractivity contribution in [1.82, 2.24) is 0 Å². The highest BCUT2D eigenvalue weighted by Crippen LogP contribution is 2.61. The fourth-order valence-corrected chi connectivity index (χ4v) is 4.97. The van der Waals surface area contributed by atoms with E-state index < -0.39 is 0 Å². The van der Waals surface area contributed by atoms with Crippen LogP contribution >= 0.6 is 0 Å². The third-order valence-electron chi connectivity index (χ3n) is 5.24. The molecule has 4 fully saturated rings. The predicted octanol–water partition coefficient (Wildman–Crippen LogP) is 1.95. The average Bonchev–Trinajstić information content (AvgIpc) is 2.22. The van der Waals surface area contributed by atoms with E-state index in [2.05, 4.69) is 0 Å². The maximum absolute atomic E-state index is 10.4. The number of rotatable bonds is 3. The zero-order chi connectivity index (χ0) is 10.5. The molecule has 0 aliphatic heterocycles. The second-order valence-electron chi connectivity index (χ2n) is 6.24. The fraction of sp³-hybridized carbons (Fsp3) is 1.00. The molecule has 0 aromatic rings. The molecule has 86 valence electrons. The molecule has 4 bridgehead atoms. The number of hydrogen-bond donors (Lipinski definition) is 2. The SMILES string of the molecule is OCCCC12C[C@@H]3CC(C[C@@H](C3)C1)C2O. The van der Waals surface area contributed by atoms with Crippen molar-refractivity contribution in [3.05, 3.63) is 0 Å². The Balaban J connectivity index is 1.81. The Kier molecular flexibility index (Phi) is 2.33. The van der Waals surface area contributed by atoms with E-state index in [1.54, 1.807) is 0 Å². The smallest absolute Gasteiger partial charge is 0.0624 e. The highest BCUT2D eigenvalue weighted by molar-refractivity contribution is 5.06. The fourth-order valence-electron chi connectivity index (χ4n) is 4.97. The monoisotopic (exact) mass is 210 g/mol. The van der Waals surface area contributed by atoms with Crippen molar-refractivity contribution in [3.63, 3.8) is 0 Å². The van der Waals surface area contributed by atoms with Crippen LogP contribution in [0.3, 0.4) is 0 Å². The van der Waals surface area contributed by atoms with Crippen LogP contribution in [0, 0.1) is 23.2 Å². The van der Waals surface area contributed by atoms with Crippen LogP contribution in [-0.2, 0) is 0 Å². The molecule has 0 aromatic carbocycles. The van der Waals surface area contributed by atoms with Gasteiger partial charge < -0.3 is 10.2 Å². The Labute approximate surface area is 91.7 Å². The summed E-state index contributed by atoms with van der Waals surface area (Å²) in [5.74, 6) is 2.38. The summed E-state index contributed by atoms with van der Waals surface area (Å²) in [5, 5.41) is 19.4. The van der Waals surface area contributed by atoms with E-state index in [0.29, 0.717) is 5.92 Å². The molecule has 3 unspecified atom stereocenters. The molecule has 0 heterocycles. The Hall–Kier alpha value is -0.0800. The maximum atomic E-state index is 10.4. The van der Waals surface area contributed by atoms with E-state index in [1.807, 2.05) is 0 Å². The third kappa shape index (κ3) is 1.45. The molecule has 4 aliphatic carbocycles. The first-order valence-electron chi connectivity index (χ1n) is 6.52. The van der Waals surface area contributed by atoms with Gasteiger partial charge in [0.2, 0.25) is 0 Å². The first-order chi connectivity index (χ1) is 7.23. The molecule has 2 heteroatoms. The number of aliphatic hydroxyl groups excluding tert-OH is 2. The van der Waals surface area contributed by atoms with E-state index in [-0.39, 0.29) is 18.1 Å². The summed E-state index contributed by atoms with van der Waals surface area (Å²) in [7, 11) is 0. The highest BCUT2D eigenvalue weighted by Gasteiger charge is 2.55. The quantitative estimate of drug-likeness (QED) is 0.747. The first kappa shape index (κ1) is 10.1. The van der Waals surface area contributed by atoms with Gasteiger partial charge in [-0.2, -0.15) is 0 Å². The van der Waals surface area contributed by atoms with Crippen molar-refractivity contribution in [2.24, 2.45) is 23.2 Å². The van der Waals surface area contributed by atoms with Crippen molar-refractivity contribution in [2.75, 3.05) is 6.61 Å². The van der Waals surface area contributed by atoms with Crippen molar-refractivity contribution in [1.29, 1.82) is 0 Å². The molecular weight excluding hydrogens is 188 g/mol. The Morgan fingerprint density at radius 3 is 2.33 bits per heavy atom. The summed E-state index contributed by atoms with van der Waals surface area (Å²) >= 11 is 0. The standard InChI is InChI=1S/C13H22O2/c14-3-1-2-13-7-9-4-10(8-13)6-11(5-9)12(13)15/h9-12,14-15H,1-8H2/t9-,10+,11?,12?,13?. The molecule has 0 amide bonds. The van der Waals surface area contributed by atoms with Crippen LogP contribution in [0.15, 0.2) is 0 Å². The van der Waals surface area contributed by atoms with Crippen molar-refractivity contribution in [2.45, 2.75) is 51.0 Å². The summed E-state index contributed by atoms with van der Waals surface area (Å²) < 4.78 is 0. The molecule has 5 atom stereocenters. The molecule has 0 radical (unpaired) electrons. The lowest BCUT2D eigenvalue weighted by Crippen LogP contribution is -2.55. The lowest BCUT2D eigenvalue weighted by atomic mass is 9.47. The van der Waals surface area contributed by atoms with Gasteiger partial charge in [0.05, 0.1) is 6.10 Å². The van der Waals surface area contributed by atoms with Gasteiger partial charge in [0.15, 0.2) is 0 Å². The van der Waals surface area contributed by atoms with Crippen LogP contribution in [0.2, 0.25) is 0 Å². The highest BCUT2D eigenvalue weighted by atomic mass is 16.3. The van der Waals surface area contributed by atoms with E-state index >= 15 is 0 Å². The predicted molar refractivity (Wildman–Crippen MR) is 58.3 cm³/mol. The van der Waals surface area contributed by atoms with Gasteiger partial charge in [0.1, 0.15) is 0 Å². The van der Waals surface area contributed by atoms with Gasteiger partial charge in [0, 0.05) is 6.61 Å². The molecule has 0 spiro atoms. The molecule has 2 nitrogen and oxygen atoms in total. The normalized spacial score (nSPS) is 52.4. The topological polar surface area (TPSA) is 40.5 Å². The minimum absolute atomic E-state index is 0.0585. The minimum Gasteiger partial charge on any atom is -0.396 e. The van der Waals surface area contributed by atoms with Gasteiger partial charge in [-0.15, -0.1) is 0 Å². The molecule has 2 N–H and O–H groups in total. The Morgan fingerprint density at radius 1 is 1.07 bits per heavy atom. The van der Waals surface area contributed by atoms with E-state index in [0.717, 1.165) is 24.7 Å². The summed E-state index contributed by atoms with van der Waals surface area (Å²) in [5.41, 5.74) is 0.206. The summed E-state index contributed by atoms with van der Waals surface area (Å²) in [6, 6.07) is 0. The molecule has 4 rings (SSSR count). The average molecular weight is 210 g/mol. The van der Waals surface area contributed by atoms with Crippen LogP contribution in [0.25, 0.3) is 0 Å². The summed E-state index contributed by atoms with van der Waals surface area (Å²) in [6.07, 6.45) is 8.32. The van der Waals surface area contributed by atoms with Gasteiger partial charge in [-0.25, -0.2) is 0 Å². The van der Waals surface area contributed by atoms with Crippen LogP contribution < -0.4 is 0 Å². The second-order valence-corrected chi connectivity index (χ2v) is 6.24. The van der Waals surface area contributed by atoms with Crippen molar-refractivity contribution < 1.29 is 10.2 Å². The van der Waals surface area contributed by atoms with E-state index in [9.17, 15) is 5.11 Å². The van der Waals surface area contributed by atoms with Crippen LogP contribution in [0.5, 0.6) is 0 Å². The van der Waals surface area contributed by atoms with E-state index in [4.69, 9.17) is 5.11 Å². The molecule has 0 saturated heterocycles. The molecule has 0 aromatic heterocycles. The van der Waals surface area contributed by atoms with E-state index in [1.165, 1.54) is 32.1 Å². The lowest BCUT2D eigenvalue weighted by Gasteiger charge is -2.59. The van der Waals surface area contributed by atoms with Gasteiger partial charge in [0.25, 0.3) is 0 Å². The summed E-state index contributed by atoms with van der Waals surface area (Å²) in [6.45, 7) is 0.286. The largest absolute Gasteiger partial charge is 0.396 e. The Bertz CT molecular complexity index is 237. The third-order valence-corrected chi connectivity index (χ3v) is 5.24. The van der Waals surface area contributed by atoms with Crippen LogP contribution in [-0.4, -0.2) is 22.9 Å². The first-order valence-corrected chi connectivity index (χ1v) is 6.52. The zero-order valence-electron chi connectivity index (χ0n) is 9.36. The number of aliphatic hydroxyl groups is 2. The van der Waals surface area contributed by atoms with Crippen molar-refractivity contribution >= 4 is 0 Å². The molecule has 4 aliphatic rings. The zero-order valence-corrected chi connectivity index (χ0v) is 9.36. The Morgan fingerprint density at radius 2 is 1.73 bits per heavy atom. The molecular formula is C13H22O2. The van der Waals surface area contributed by atoms with Gasteiger partial charge >= 0.3 is 0 Å².